The highest BCUT2D eigenvalue weighted by Crippen LogP contribution is 2.60. The van der Waals surface area contributed by atoms with E-state index in [-0.39, 0.29) is 11.5 Å². The molecule has 2 aliphatic heterocycles. The molecule has 10 heteroatoms. The Balaban J connectivity index is 1.82. The van der Waals surface area contributed by atoms with Crippen LogP contribution in [0.4, 0.5) is 17.6 Å². The molecule has 3 unspecified atom stereocenters. The van der Waals surface area contributed by atoms with Crippen molar-refractivity contribution in [2.45, 2.75) is 89.9 Å². The lowest BCUT2D eigenvalue weighted by Crippen LogP contribution is -2.39. The van der Waals surface area contributed by atoms with E-state index in [1.165, 1.54) is 13.0 Å². The van der Waals surface area contributed by atoms with Gasteiger partial charge in [0.05, 0.1) is 23.0 Å². The predicted molar refractivity (Wildman–Crippen MR) is 137 cm³/mol. The number of hydrogen-bond donors (Lipinski definition) is 0. The zero-order chi connectivity index (χ0) is 29.2. The van der Waals surface area contributed by atoms with Gasteiger partial charge in [0, 0.05) is 62.3 Å². The van der Waals surface area contributed by atoms with Crippen LogP contribution in [0, 0.1) is 11.2 Å². The van der Waals surface area contributed by atoms with Gasteiger partial charge in [0.15, 0.2) is 0 Å². The summed E-state index contributed by atoms with van der Waals surface area (Å²) in [5.41, 5.74) is 1.24. The number of halogens is 4. The molecule has 2 aromatic rings. The lowest BCUT2D eigenvalue weighted by Gasteiger charge is -2.44. The second kappa shape index (κ2) is 10.1. The Labute approximate surface area is 231 Å². The van der Waals surface area contributed by atoms with E-state index in [1.54, 1.807) is 7.11 Å². The van der Waals surface area contributed by atoms with Crippen molar-refractivity contribution in [2.75, 3.05) is 20.3 Å². The van der Waals surface area contributed by atoms with Crippen LogP contribution in [-0.2, 0) is 35.5 Å². The molecule has 1 spiro atoms. The first kappa shape index (κ1) is 29.0. The summed E-state index contributed by atoms with van der Waals surface area (Å²) >= 11 is 0. The minimum Gasteiger partial charge on any atom is -0.455 e. The van der Waals surface area contributed by atoms with Crippen LogP contribution in [0.3, 0.4) is 0 Å². The van der Waals surface area contributed by atoms with Crippen molar-refractivity contribution in [1.82, 2.24) is 4.98 Å². The van der Waals surface area contributed by atoms with Crippen LogP contribution in [0.15, 0.2) is 18.2 Å². The molecule has 1 aromatic carbocycles. The number of benzene rings is 1. The summed E-state index contributed by atoms with van der Waals surface area (Å²) < 4.78 is 79.4. The molecule has 0 bridgehead atoms. The number of carbonyl (C=O) groups is 1. The van der Waals surface area contributed by atoms with Gasteiger partial charge in [-0.1, -0.05) is 33.8 Å². The standard InChI is InChI=1S/C30H35F4NO5/c1-15(2)24-22-23(21-20(37-6)14-28(4,5)27(25(21)35-24)39-16(3)36)29(9-11-38-12-10-29)40-26(22)17-7-8-18(19(31)13-17)30(32,33)34/h7-8,13,15,20,26-27H,9-12,14H2,1-6H3. The SMILES string of the molecule is COC1CC(C)(C)C(OC(C)=O)c2nc(C(C)C)c3c(c21)C1(CCOCC1)OC3c1ccc(C(F)(F)F)c(F)c1. The molecule has 5 rings (SSSR count). The Morgan fingerprint density at radius 2 is 1.82 bits per heavy atom. The molecule has 3 heterocycles. The van der Waals surface area contributed by atoms with Gasteiger partial charge >= 0.3 is 12.1 Å². The van der Waals surface area contributed by atoms with E-state index in [2.05, 4.69) is 0 Å². The van der Waals surface area contributed by atoms with E-state index in [0.29, 0.717) is 43.9 Å². The van der Waals surface area contributed by atoms with E-state index in [9.17, 15) is 22.4 Å². The average Bonchev–Trinajstić information content (AvgIpc) is 3.18. The molecule has 1 saturated heterocycles. The molecule has 218 valence electrons. The second-order valence-corrected chi connectivity index (χ2v) is 12.0. The first-order valence-corrected chi connectivity index (χ1v) is 13.6. The van der Waals surface area contributed by atoms with Crippen LogP contribution in [0.1, 0.15) is 117 Å². The minimum absolute atomic E-state index is 0.122. The van der Waals surface area contributed by atoms with Crippen LogP contribution >= 0.6 is 0 Å². The maximum atomic E-state index is 14.8. The number of fused-ring (bicyclic) bond motifs is 4. The van der Waals surface area contributed by atoms with Gasteiger partial charge in [-0.25, -0.2) is 4.39 Å². The van der Waals surface area contributed by atoms with Gasteiger partial charge in [0.2, 0.25) is 0 Å². The number of methoxy groups -OCH3 is 1. The van der Waals surface area contributed by atoms with Crippen molar-refractivity contribution in [1.29, 1.82) is 0 Å². The van der Waals surface area contributed by atoms with Crippen molar-refractivity contribution >= 4 is 5.97 Å². The highest BCUT2D eigenvalue weighted by Gasteiger charge is 2.55. The van der Waals surface area contributed by atoms with E-state index >= 15 is 0 Å². The fourth-order valence-electron chi connectivity index (χ4n) is 6.58. The molecule has 0 radical (unpaired) electrons. The van der Waals surface area contributed by atoms with Gasteiger partial charge in [-0.05, 0) is 35.6 Å². The van der Waals surface area contributed by atoms with Crippen molar-refractivity contribution in [3.63, 3.8) is 0 Å². The number of aromatic nitrogens is 1. The summed E-state index contributed by atoms with van der Waals surface area (Å²) in [6.45, 7) is 10.2. The third-order valence-corrected chi connectivity index (χ3v) is 8.40. The van der Waals surface area contributed by atoms with E-state index in [4.69, 9.17) is 23.9 Å². The fraction of sp³-hybridized carbons (Fsp3) is 0.600. The highest BCUT2D eigenvalue weighted by atomic mass is 19.4. The van der Waals surface area contributed by atoms with Crippen LogP contribution in [0.25, 0.3) is 0 Å². The Morgan fingerprint density at radius 1 is 1.15 bits per heavy atom. The minimum atomic E-state index is -4.81. The number of esters is 1. The van der Waals surface area contributed by atoms with Crippen LogP contribution < -0.4 is 0 Å². The summed E-state index contributed by atoms with van der Waals surface area (Å²) in [6, 6.07) is 2.96. The number of carbonyl (C=O) groups excluding carboxylic acids is 1. The van der Waals surface area contributed by atoms with Gasteiger partial charge in [0.1, 0.15) is 18.0 Å². The molecule has 1 aromatic heterocycles. The molecule has 6 nitrogen and oxygen atoms in total. The topological polar surface area (TPSA) is 66.9 Å². The lowest BCUT2D eigenvalue weighted by atomic mass is 9.68. The first-order valence-electron chi connectivity index (χ1n) is 13.6. The summed E-state index contributed by atoms with van der Waals surface area (Å²) in [4.78, 5) is 17.3. The fourth-order valence-corrected chi connectivity index (χ4v) is 6.58. The zero-order valence-electron chi connectivity index (χ0n) is 23.6. The molecule has 1 fully saturated rings. The van der Waals surface area contributed by atoms with Gasteiger partial charge in [-0.3, -0.25) is 9.78 Å². The molecular formula is C30H35F4NO5. The average molecular weight is 566 g/mol. The van der Waals surface area contributed by atoms with Crippen LogP contribution in [0.2, 0.25) is 0 Å². The van der Waals surface area contributed by atoms with Crippen molar-refractivity contribution < 1.29 is 41.3 Å². The summed E-state index contributed by atoms with van der Waals surface area (Å²) in [6.07, 6.45) is -5.18. The summed E-state index contributed by atoms with van der Waals surface area (Å²) in [5, 5.41) is 0. The van der Waals surface area contributed by atoms with Gasteiger partial charge in [-0.2, -0.15) is 13.2 Å². The van der Waals surface area contributed by atoms with Gasteiger partial charge in [-0.15, -0.1) is 0 Å². The first-order chi connectivity index (χ1) is 18.7. The van der Waals surface area contributed by atoms with Gasteiger partial charge in [0.25, 0.3) is 0 Å². The number of hydrogen-bond acceptors (Lipinski definition) is 6. The number of nitrogens with zero attached hydrogens (tertiary/aromatic N) is 1. The molecule has 40 heavy (non-hydrogen) atoms. The van der Waals surface area contributed by atoms with E-state index < -0.39 is 52.9 Å². The molecule has 1 aliphatic carbocycles. The van der Waals surface area contributed by atoms with Crippen molar-refractivity contribution in [2.24, 2.45) is 5.41 Å². The quantitative estimate of drug-likeness (QED) is 0.288. The van der Waals surface area contributed by atoms with E-state index in [1.807, 2.05) is 27.7 Å². The maximum Gasteiger partial charge on any atom is 0.419 e. The zero-order valence-corrected chi connectivity index (χ0v) is 23.6. The number of ether oxygens (including phenoxy) is 4. The molecule has 3 aliphatic rings. The normalized spacial score (nSPS) is 25.1. The lowest BCUT2D eigenvalue weighted by molar-refractivity contribution is -0.157. The number of alkyl halides is 3. The monoisotopic (exact) mass is 565 g/mol. The molecule has 3 atom stereocenters. The van der Waals surface area contributed by atoms with Gasteiger partial charge < -0.3 is 18.9 Å². The van der Waals surface area contributed by atoms with E-state index in [0.717, 1.165) is 28.8 Å². The van der Waals surface area contributed by atoms with Crippen molar-refractivity contribution in [3.05, 3.63) is 63.2 Å². The molecule has 0 amide bonds. The van der Waals surface area contributed by atoms with Crippen LogP contribution in [0.5, 0.6) is 0 Å². The third-order valence-electron chi connectivity index (χ3n) is 8.40. The Morgan fingerprint density at radius 3 is 2.38 bits per heavy atom. The third kappa shape index (κ3) is 4.71. The number of rotatable bonds is 4. The summed E-state index contributed by atoms with van der Waals surface area (Å²) in [7, 11) is 1.62. The molecule has 0 N–H and O–H groups in total. The Kier molecular flexibility index (Phi) is 7.28. The highest BCUT2D eigenvalue weighted by molar-refractivity contribution is 5.67. The largest absolute Gasteiger partial charge is 0.455 e. The van der Waals surface area contributed by atoms with Crippen molar-refractivity contribution in [3.8, 4) is 0 Å². The smallest absolute Gasteiger partial charge is 0.419 e. The van der Waals surface area contributed by atoms with Crippen LogP contribution in [-0.4, -0.2) is 31.3 Å². The molecular weight excluding hydrogens is 530 g/mol. The second-order valence-electron chi connectivity index (χ2n) is 12.0. The summed E-state index contributed by atoms with van der Waals surface area (Å²) in [5.74, 6) is -1.90. The molecule has 0 saturated carbocycles. The number of pyridine rings is 1. The predicted octanol–water partition coefficient (Wildman–Crippen LogP) is 7.21. The Bertz CT molecular complexity index is 1320. The maximum absolute atomic E-state index is 14.8. The Hall–Kier alpha value is -2.56.